The van der Waals surface area contributed by atoms with E-state index < -0.39 is 10.0 Å². The molecule has 2 atom stereocenters. The van der Waals surface area contributed by atoms with Crippen molar-refractivity contribution in [3.05, 3.63) is 24.3 Å². The van der Waals surface area contributed by atoms with Gasteiger partial charge in [-0.05, 0) is 43.8 Å². The van der Waals surface area contributed by atoms with E-state index in [0.29, 0.717) is 10.8 Å². The van der Waals surface area contributed by atoms with Crippen molar-refractivity contribution < 1.29 is 8.42 Å². The summed E-state index contributed by atoms with van der Waals surface area (Å²) < 4.78 is 27.8. The molecule has 0 amide bonds. The van der Waals surface area contributed by atoms with Gasteiger partial charge in [-0.1, -0.05) is 19.1 Å². The lowest BCUT2D eigenvalue weighted by Crippen LogP contribution is -2.48. The second-order valence-corrected chi connectivity index (χ2v) is 7.38. The molecule has 1 saturated heterocycles. The number of benzene rings is 1. The Morgan fingerprint density at radius 3 is 2.79 bits per heavy atom. The van der Waals surface area contributed by atoms with E-state index in [4.69, 9.17) is 0 Å². The molecule has 1 heterocycles. The van der Waals surface area contributed by atoms with Gasteiger partial charge in [-0.3, -0.25) is 0 Å². The third kappa shape index (κ3) is 3.51. The summed E-state index contributed by atoms with van der Waals surface area (Å²) in [7, 11) is -3.43. The zero-order chi connectivity index (χ0) is 13.9. The average Bonchev–Trinajstić information content (AvgIpc) is 2.41. The summed E-state index contributed by atoms with van der Waals surface area (Å²) in [5.74, 6) is 0.310. The topological polar surface area (TPSA) is 58.2 Å². The lowest BCUT2D eigenvalue weighted by atomic mass is 9.97. The minimum Gasteiger partial charge on any atom is -0.316 e. The van der Waals surface area contributed by atoms with Crippen LogP contribution in [0.5, 0.6) is 0 Å². The standard InChI is InChI=1S/C13H20N2O2S2/c1-10-9-14-8-7-11(10)15-19(16,17)13-6-4-3-5-12(13)18-2/h3-6,10-11,14-15H,7-9H2,1-2H3. The Bertz CT molecular complexity index is 531. The summed E-state index contributed by atoms with van der Waals surface area (Å²) >= 11 is 1.45. The molecular formula is C13H20N2O2S2. The summed E-state index contributed by atoms with van der Waals surface area (Å²) in [6.07, 6.45) is 2.73. The van der Waals surface area contributed by atoms with Gasteiger partial charge in [0.1, 0.15) is 0 Å². The molecule has 1 fully saturated rings. The number of nitrogens with one attached hydrogen (secondary N) is 2. The Morgan fingerprint density at radius 1 is 1.37 bits per heavy atom. The van der Waals surface area contributed by atoms with Gasteiger partial charge in [0.15, 0.2) is 0 Å². The Kier molecular flexibility index (Phi) is 4.89. The zero-order valence-corrected chi connectivity index (χ0v) is 12.9. The number of piperidine rings is 1. The SMILES string of the molecule is CSc1ccccc1S(=O)(=O)NC1CCNCC1C. The number of thioether (sulfide) groups is 1. The fourth-order valence-electron chi connectivity index (χ4n) is 2.29. The molecule has 1 aromatic rings. The fourth-order valence-corrected chi connectivity index (χ4v) is 4.82. The predicted molar refractivity (Wildman–Crippen MR) is 79.0 cm³/mol. The van der Waals surface area contributed by atoms with E-state index in [9.17, 15) is 8.42 Å². The molecule has 0 radical (unpaired) electrons. The monoisotopic (exact) mass is 300 g/mol. The largest absolute Gasteiger partial charge is 0.316 e. The second kappa shape index (κ2) is 6.26. The molecule has 0 aliphatic carbocycles. The summed E-state index contributed by atoms with van der Waals surface area (Å²) in [5.41, 5.74) is 0. The summed E-state index contributed by atoms with van der Waals surface area (Å²) in [6, 6.07) is 7.14. The normalized spacial score (nSPS) is 24.3. The van der Waals surface area contributed by atoms with Gasteiger partial charge in [0.05, 0.1) is 4.90 Å². The molecule has 2 N–H and O–H groups in total. The zero-order valence-electron chi connectivity index (χ0n) is 11.2. The third-order valence-electron chi connectivity index (χ3n) is 3.45. The maximum Gasteiger partial charge on any atom is 0.241 e. The van der Waals surface area contributed by atoms with Crippen molar-refractivity contribution in [1.82, 2.24) is 10.0 Å². The van der Waals surface area contributed by atoms with Crippen molar-refractivity contribution in [3.63, 3.8) is 0 Å². The first-order chi connectivity index (χ1) is 9.04. The van der Waals surface area contributed by atoms with Crippen LogP contribution in [0.4, 0.5) is 0 Å². The quantitative estimate of drug-likeness (QED) is 0.831. The van der Waals surface area contributed by atoms with E-state index in [1.54, 1.807) is 12.1 Å². The highest BCUT2D eigenvalue weighted by Crippen LogP contribution is 2.25. The summed E-state index contributed by atoms with van der Waals surface area (Å²) in [4.78, 5) is 1.17. The molecule has 1 aliphatic heterocycles. The van der Waals surface area contributed by atoms with Crippen molar-refractivity contribution in [2.45, 2.75) is 29.2 Å². The first kappa shape index (κ1) is 14.8. The molecule has 106 valence electrons. The van der Waals surface area contributed by atoms with Crippen molar-refractivity contribution in [3.8, 4) is 0 Å². The van der Waals surface area contributed by atoms with E-state index in [0.717, 1.165) is 24.4 Å². The van der Waals surface area contributed by atoms with Crippen LogP contribution in [-0.2, 0) is 10.0 Å². The Labute approximate surface area is 119 Å². The van der Waals surface area contributed by atoms with E-state index in [1.165, 1.54) is 11.8 Å². The third-order valence-corrected chi connectivity index (χ3v) is 5.92. The maximum absolute atomic E-state index is 12.5. The molecule has 4 nitrogen and oxygen atoms in total. The van der Waals surface area contributed by atoms with Gasteiger partial charge in [-0.25, -0.2) is 13.1 Å². The first-order valence-corrected chi connectivity index (χ1v) is 9.11. The van der Waals surface area contributed by atoms with E-state index in [2.05, 4.69) is 17.0 Å². The van der Waals surface area contributed by atoms with Gasteiger partial charge in [0.2, 0.25) is 10.0 Å². The van der Waals surface area contributed by atoms with Crippen LogP contribution in [0.1, 0.15) is 13.3 Å². The lowest BCUT2D eigenvalue weighted by Gasteiger charge is -2.30. The van der Waals surface area contributed by atoms with Gasteiger partial charge >= 0.3 is 0 Å². The average molecular weight is 300 g/mol. The maximum atomic E-state index is 12.5. The van der Waals surface area contributed by atoms with Crippen molar-refractivity contribution in [2.75, 3.05) is 19.3 Å². The lowest BCUT2D eigenvalue weighted by molar-refractivity contribution is 0.328. The van der Waals surface area contributed by atoms with Gasteiger partial charge in [-0.2, -0.15) is 0 Å². The molecule has 2 rings (SSSR count). The predicted octanol–water partition coefficient (Wildman–Crippen LogP) is 1.68. The minimum atomic E-state index is -3.43. The Hall–Kier alpha value is -0.560. The van der Waals surface area contributed by atoms with Crippen molar-refractivity contribution in [1.29, 1.82) is 0 Å². The van der Waals surface area contributed by atoms with Gasteiger partial charge in [0, 0.05) is 10.9 Å². The Morgan fingerprint density at radius 2 is 2.11 bits per heavy atom. The molecule has 19 heavy (non-hydrogen) atoms. The van der Waals surface area contributed by atoms with E-state index >= 15 is 0 Å². The highest BCUT2D eigenvalue weighted by atomic mass is 32.2. The molecule has 0 saturated carbocycles. The van der Waals surface area contributed by atoms with E-state index in [1.807, 2.05) is 18.4 Å². The van der Waals surface area contributed by atoms with Gasteiger partial charge in [0.25, 0.3) is 0 Å². The minimum absolute atomic E-state index is 0.0150. The smallest absolute Gasteiger partial charge is 0.241 e. The fraction of sp³-hybridized carbons (Fsp3) is 0.538. The van der Waals surface area contributed by atoms with Crippen LogP contribution in [0.25, 0.3) is 0 Å². The summed E-state index contributed by atoms with van der Waals surface area (Å²) in [5, 5.41) is 3.27. The molecular weight excluding hydrogens is 280 g/mol. The van der Waals surface area contributed by atoms with Crippen LogP contribution >= 0.6 is 11.8 Å². The van der Waals surface area contributed by atoms with Crippen molar-refractivity contribution in [2.24, 2.45) is 5.92 Å². The number of rotatable bonds is 4. The van der Waals surface area contributed by atoms with Gasteiger partial charge in [-0.15, -0.1) is 11.8 Å². The van der Waals surface area contributed by atoms with E-state index in [-0.39, 0.29) is 6.04 Å². The summed E-state index contributed by atoms with van der Waals surface area (Å²) in [6.45, 7) is 3.79. The number of hydrogen-bond donors (Lipinski definition) is 2. The molecule has 6 heteroatoms. The highest BCUT2D eigenvalue weighted by molar-refractivity contribution is 7.99. The number of hydrogen-bond acceptors (Lipinski definition) is 4. The Balaban J connectivity index is 2.22. The first-order valence-electron chi connectivity index (χ1n) is 6.40. The molecule has 1 aromatic carbocycles. The molecule has 0 spiro atoms. The van der Waals surface area contributed by atoms with Crippen LogP contribution in [0, 0.1) is 5.92 Å². The van der Waals surface area contributed by atoms with Crippen LogP contribution in [0.3, 0.4) is 0 Å². The molecule has 1 aliphatic rings. The molecule has 0 aromatic heterocycles. The second-order valence-electron chi connectivity index (χ2n) is 4.85. The van der Waals surface area contributed by atoms with Crippen LogP contribution < -0.4 is 10.0 Å². The van der Waals surface area contributed by atoms with Gasteiger partial charge < -0.3 is 5.32 Å². The van der Waals surface area contributed by atoms with Crippen molar-refractivity contribution >= 4 is 21.8 Å². The van der Waals surface area contributed by atoms with Crippen LogP contribution in [-0.4, -0.2) is 33.8 Å². The molecule has 2 unspecified atom stereocenters. The number of sulfonamides is 1. The van der Waals surface area contributed by atoms with Crippen LogP contribution in [0.15, 0.2) is 34.1 Å². The molecule has 0 bridgehead atoms. The highest BCUT2D eigenvalue weighted by Gasteiger charge is 2.27. The van der Waals surface area contributed by atoms with Crippen LogP contribution in [0.2, 0.25) is 0 Å².